The average Bonchev–Trinajstić information content (AvgIpc) is 2.19. The zero-order valence-corrected chi connectivity index (χ0v) is 9.29. The highest BCUT2D eigenvalue weighted by Gasteiger charge is 2.12. The molecule has 0 amide bonds. The summed E-state index contributed by atoms with van der Waals surface area (Å²) in [6.45, 7) is 5.10. The second-order valence-corrected chi connectivity index (χ2v) is 3.94. The summed E-state index contributed by atoms with van der Waals surface area (Å²) >= 11 is 0. The lowest BCUT2D eigenvalue weighted by atomic mass is 10.1. The molecule has 0 radical (unpaired) electrons. The summed E-state index contributed by atoms with van der Waals surface area (Å²) in [4.78, 5) is 6.64. The second kappa shape index (κ2) is 5.86. The van der Waals surface area contributed by atoms with Gasteiger partial charge < -0.3 is 16.0 Å². The third kappa shape index (κ3) is 3.54. The molecule has 1 atom stereocenters. The molecule has 0 aromatic rings. The topological polar surface area (TPSA) is 53.6 Å². The molecule has 14 heavy (non-hydrogen) atoms. The van der Waals surface area contributed by atoms with Crippen LogP contribution in [0, 0.1) is 0 Å². The Bertz CT molecular complexity index is 185. The Morgan fingerprint density at radius 2 is 2.07 bits per heavy atom. The highest BCUT2D eigenvalue weighted by atomic mass is 15.3. The summed E-state index contributed by atoms with van der Waals surface area (Å²) < 4.78 is 0. The van der Waals surface area contributed by atoms with Crippen molar-refractivity contribution in [3.05, 3.63) is 0 Å². The van der Waals surface area contributed by atoms with Gasteiger partial charge in [-0.2, -0.15) is 0 Å². The third-order valence-corrected chi connectivity index (χ3v) is 2.53. The number of likely N-dealkylation sites (N-methyl/N-ethyl adjacent to an activating group) is 1. The van der Waals surface area contributed by atoms with Crippen molar-refractivity contribution < 1.29 is 0 Å². The normalized spacial score (nSPS) is 21.0. The van der Waals surface area contributed by atoms with Gasteiger partial charge in [-0.1, -0.05) is 0 Å². The lowest BCUT2D eigenvalue weighted by molar-refractivity contribution is 0.337. The Balaban J connectivity index is 2.40. The molecule has 1 rings (SSSR count). The zero-order chi connectivity index (χ0) is 10.4. The van der Waals surface area contributed by atoms with E-state index in [9.17, 15) is 0 Å². The second-order valence-electron chi connectivity index (χ2n) is 3.94. The van der Waals surface area contributed by atoms with Gasteiger partial charge in [0.25, 0.3) is 0 Å². The van der Waals surface area contributed by atoms with Crippen LogP contribution in [-0.4, -0.2) is 43.6 Å². The van der Waals surface area contributed by atoms with E-state index in [1.165, 1.54) is 19.3 Å². The SMILES string of the molecule is CNC[C@H](C)N=C(N)N1CCCCC1. The molecule has 0 aliphatic carbocycles. The molecule has 3 N–H and O–H groups in total. The van der Waals surface area contributed by atoms with Gasteiger partial charge in [0, 0.05) is 19.6 Å². The summed E-state index contributed by atoms with van der Waals surface area (Å²) in [5.74, 6) is 0.715. The van der Waals surface area contributed by atoms with E-state index in [1.807, 2.05) is 7.05 Å². The molecule has 82 valence electrons. The van der Waals surface area contributed by atoms with E-state index in [1.54, 1.807) is 0 Å². The Morgan fingerprint density at radius 3 is 2.64 bits per heavy atom. The Hall–Kier alpha value is -0.770. The first-order chi connectivity index (χ1) is 6.74. The van der Waals surface area contributed by atoms with Crippen LogP contribution in [0.2, 0.25) is 0 Å². The highest BCUT2D eigenvalue weighted by Crippen LogP contribution is 2.08. The number of aliphatic imine (C=N–C) groups is 1. The predicted octanol–water partition coefficient (Wildman–Crippen LogP) is 0.395. The standard InChI is InChI=1S/C10H22N4/c1-9(8-12-2)13-10(11)14-6-4-3-5-7-14/h9,12H,3-8H2,1-2H3,(H2,11,13)/t9-/m0/s1. The van der Waals surface area contributed by atoms with Gasteiger partial charge in [0.05, 0.1) is 6.04 Å². The van der Waals surface area contributed by atoms with Gasteiger partial charge in [-0.3, -0.25) is 0 Å². The number of rotatable bonds is 3. The molecule has 1 aliphatic heterocycles. The number of nitrogens with one attached hydrogen (secondary N) is 1. The maximum atomic E-state index is 5.93. The van der Waals surface area contributed by atoms with Crippen LogP contribution in [0.3, 0.4) is 0 Å². The summed E-state index contributed by atoms with van der Waals surface area (Å²) in [6, 6.07) is 0.266. The largest absolute Gasteiger partial charge is 0.370 e. The lowest BCUT2D eigenvalue weighted by Crippen LogP contribution is -2.42. The van der Waals surface area contributed by atoms with Crippen LogP contribution in [0.5, 0.6) is 0 Å². The minimum atomic E-state index is 0.266. The molecular weight excluding hydrogens is 176 g/mol. The molecule has 1 aliphatic rings. The van der Waals surface area contributed by atoms with Crippen LogP contribution in [0.15, 0.2) is 4.99 Å². The molecule has 0 saturated carbocycles. The minimum Gasteiger partial charge on any atom is -0.370 e. The maximum Gasteiger partial charge on any atom is 0.191 e. The first kappa shape index (κ1) is 11.3. The Labute approximate surface area is 86.6 Å². The van der Waals surface area contributed by atoms with Crippen LogP contribution >= 0.6 is 0 Å². The summed E-state index contributed by atoms with van der Waals surface area (Å²) in [7, 11) is 1.93. The minimum absolute atomic E-state index is 0.266. The lowest BCUT2D eigenvalue weighted by Gasteiger charge is -2.28. The molecular formula is C10H22N4. The van der Waals surface area contributed by atoms with Crippen molar-refractivity contribution in [2.45, 2.75) is 32.2 Å². The number of piperidine rings is 1. The van der Waals surface area contributed by atoms with Crippen molar-refractivity contribution in [3.8, 4) is 0 Å². The molecule has 4 nitrogen and oxygen atoms in total. The molecule has 0 unspecified atom stereocenters. The molecule has 4 heteroatoms. The van der Waals surface area contributed by atoms with Crippen molar-refractivity contribution >= 4 is 5.96 Å². The van der Waals surface area contributed by atoms with Crippen molar-refractivity contribution in [3.63, 3.8) is 0 Å². The van der Waals surface area contributed by atoms with Crippen LogP contribution in [0.1, 0.15) is 26.2 Å². The highest BCUT2D eigenvalue weighted by molar-refractivity contribution is 5.78. The van der Waals surface area contributed by atoms with Crippen LogP contribution in [0.25, 0.3) is 0 Å². The molecule has 1 heterocycles. The van der Waals surface area contributed by atoms with E-state index in [-0.39, 0.29) is 6.04 Å². The van der Waals surface area contributed by atoms with E-state index < -0.39 is 0 Å². The third-order valence-electron chi connectivity index (χ3n) is 2.53. The van der Waals surface area contributed by atoms with Crippen molar-refractivity contribution in [2.75, 3.05) is 26.7 Å². The number of hydrogen-bond acceptors (Lipinski definition) is 2. The first-order valence-electron chi connectivity index (χ1n) is 5.47. The van der Waals surface area contributed by atoms with Crippen molar-refractivity contribution in [1.29, 1.82) is 0 Å². The van der Waals surface area contributed by atoms with E-state index in [0.29, 0.717) is 5.96 Å². The van der Waals surface area contributed by atoms with E-state index in [0.717, 1.165) is 19.6 Å². The fourth-order valence-corrected chi connectivity index (χ4v) is 1.77. The molecule has 0 spiro atoms. The Kier molecular flexibility index (Phi) is 4.73. The Morgan fingerprint density at radius 1 is 1.43 bits per heavy atom. The van der Waals surface area contributed by atoms with Gasteiger partial charge in [0.15, 0.2) is 5.96 Å². The monoisotopic (exact) mass is 198 g/mol. The smallest absolute Gasteiger partial charge is 0.191 e. The molecule has 0 aromatic carbocycles. The zero-order valence-electron chi connectivity index (χ0n) is 9.29. The molecule has 1 saturated heterocycles. The number of nitrogens with two attached hydrogens (primary N) is 1. The van der Waals surface area contributed by atoms with Gasteiger partial charge in [0.1, 0.15) is 0 Å². The van der Waals surface area contributed by atoms with Gasteiger partial charge in [-0.25, -0.2) is 4.99 Å². The average molecular weight is 198 g/mol. The van der Waals surface area contributed by atoms with Gasteiger partial charge in [-0.15, -0.1) is 0 Å². The molecule has 0 aromatic heterocycles. The van der Waals surface area contributed by atoms with Crippen LogP contribution in [0.4, 0.5) is 0 Å². The molecule has 1 fully saturated rings. The van der Waals surface area contributed by atoms with E-state index in [4.69, 9.17) is 5.73 Å². The van der Waals surface area contributed by atoms with Gasteiger partial charge >= 0.3 is 0 Å². The van der Waals surface area contributed by atoms with Crippen molar-refractivity contribution in [1.82, 2.24) is 10.2 Å². The van der Waals surface area contributed by atoms with Crippen LogP contribution < -0.4 is 11.1 Å². The maximum absolute atomic E-state index is 5.93. The fourth-order valence-electron chi connectivity index (χ4n) is 1.77. The number of hydrogen-bond donors (Lipinski definition) is 2. The van der Waals surface area contributed by atoms with Crippen molar-refractivity contribution in [2.24, 2.45) is 10.7 Å². The fraction of sp³-hybridized carbons (Fsp3) is 0.900. The van der Waals surface area contributed by atoms with Gasteiger partial charge in [-0.05, 0) is 33.2 Å². The molecule has 0 bridgehead atoms. The first-order valence-corrected chi connectivity index (χ1v) is 5.47. The summed E-state index contributed by atoms with van der Waals surface area (Å²) in [5, 5.41) is 3.09. The van der Waals surface area contributed by atoms with Crippen LogP contribution in [-0.2, 0) is 0 Å². The van der Waals surface area contributed by atoms with E-state index in [2.05, 4.69) is 22.1 Å². The summed E-state index contributed by atoms with van der Waals surface area (Å²) in [5.41, 5.74) is 5.93. The number of guanidine groups is 1. The van der Waals surface area contributed by atoms with E-state index >= 15 is 0 Å². The van der Waals surface area contributed by atoms with Gasteiger partial charge in [0.2, 0.25) is 0 Å². The predicted molar refractivity (Wildman–Crippen MR) is 60.4 cm³/mol. The summed E-state index contributed by atoms with van der Waals surface area (Å²) in [6.07, 6.45) is 3.82. The quantitative estimate of drug-likeness (QED) is 0.510. The number of likely N-dealkylation sites (tertiary alicyclic amines) is 1. The number of nitrogens with zero attached hydrogens (tertiary/aromatic N) is 2.